The zero-order chi connectivity index (χ0) is 18.3. The fraction of sp³-hybridized carbons (Fsp3) is 0.286. The standard InChI is InChI=1S/C21H20N2O2S/c1-13-7-9-15(10-8-13)19(24)14(2)26-21-22-18-6-4-3-5-17(18)20(25)23(21)16-11-12-16/h3-10,14,16H,11-12H2,1-2H3/t14-/m0/s1. The highest BCUT2D eigenvalue weighted by atomic mass is 32.2. The summed E-state index contributed by atoms with van der Waals surface area (Å²) in [4.78, 5) is 30.4. The summed E-state index contributed by atoms with van der Waals surface area (Å²) in [6, 6.07) is 15.2. The molecule has 0 spiro atoms. The van der Waals surface area contributed by atoms with Crippen LogP contribution in [0.5, 0.6) is 0 Å². The minimum absolute atomic E-state index is 0.00409. The molecule has 2 aromatic carbocycles. The lowest BCUT2D eigenvalue weighted by Crippen LogP contribution is -2.24. The number of hydrogen-bond acceptors (Lipinski definition) is 4. The first-order valence-electron chi connectivity index (χ1n) is 8.83. The van der Waals surface area contributed by atoms with Crippen molar-refractivity contribution in [1.82, 2.24) is 9.55 Å². The van der Waals surface area contributed by atoms with E-state index in [4.69, 9.17) is 4.98 Å². The van der Waals surface area contributed by atoms with Crippen molar-refractivity contribution >= 4 is 28.4 Å². The van der Waals surface area contributed by atoms with Gasteiger partial charge < -0.3 is 0 Å². The van der Waals surface area contributed by atoms with Crippen LogP contribution in [0.25, 0.3) is 10.9 Å². The molecular formula is C21H20N2O2S. The average molecular weight is 364 g/mol. The van der Waals surface area contributed by atoms with Gasteiger partial charge in [0, 0.05) is 11.6 Å². The second kappa shape index (κ2) is 6.72. The van der Waals surface area contributed by atoms with E-state index >= 15 is 0 Å². The quantitative estimate of drug-likeness (QED) is 0.382. The summed E-state index contributed by atoms with van der Waals surface area (Å²) in [5, 5.41) is 0.973. The minimum Gasteiger partial charge on any atom is -0.293 e. The molecule has 26 heavy (non-hydrogen) atoms. The van der Waals surface area contributed by atoms with Crippen LogP contribution >= 0.6 is 11.8 Å². The zero-order valence-corrected chi connectivity index (χ0v) is 15.6. The van der Waals surface area contributed by atoms with E-state index in [-0.39, 0.29) is 22.6 Å². The molecule has 5 heteroatoms. The number of carbonyl (C=O) groups is 1. The predicted molar refractivity (Wildman–Crippen MR) is 105 cm³/mol. The van der Waals surface area contributed by atoms with Gasteiger partial charge in [-0.05, 0) is 38.8 Å². The summed E-state index contributed by atoms with van der Waals surface area (Å²) >= 11 is 1.38. The van der Waals surface area contributed by atoms with Crippen LogP contribution in [-0.4, -0.2) is 20.6 Å². The summed E-state index contributed by atoms with van der Waals surface area (Å²) < 4.78 is 1.78. The molecule has 4 rings (SSSR count). The van der Waals surface area contributed by atoms with E-state index in [0.717, 1.165) is 18.4 Å². The fourth-order valence-electron chi connectivity index (χ4n) is 3.03. The first-order chi connectivity index (χ1) is 12.5. The Morgan fingerprint density at radius 2 is 1.85 bits per heavy atom. The van der Waals surface area contributed by atoms with Crippen molar-refractivity contribution in [2.24, 2.45) is 0 Å². The summed E-state index contributed by atoms with van der Waals surface area (Å²) in [5.41, 5.74) is 2.50. The first kappa shape index (κ1) is 17.0. The molecule has 0 aliphatic heterocycles. The largest absolute Gasteiger partial charge is 0.293 e. The van der Waals surface area contributed by atoms with Crippen LogP contribution < -0.4 is 5.56 Å². The molecule has 0 saturated heterocycles. The van der Waals surface area contributed by atoms with Gasteiger partial charge in [-0.1, -0.05) is 53.7 Å². The average Bonchev–Trinajstić information content (AvgIpc) is 3.47. The Bertz CT molecular complexity index is 1040. The molecular weight excluding hydrogens is 344 g/mol. The molecule has 0 unspecified atom stereocenters. The zero-order valence-electron chi connectivity index (χ0n) is 14.8. The number of thioether (sulfide) groups is 1. The van der Waals surface area contributed by atoms with Gasteiger partial charge in [-0.2, -0.15) is 0 Å². The Balaban J connectivity index is 1.70. The summed E-state index contributed by atoms with van der Waals surface area (Å²) in [6.45, 7) is 3.88. The number of benzene rings is 2. The molecule has 0 N–H and O–H groups in total. The number of rotatable bonds is 5. The van der Waals surface area contributed by atoms with Crippen molar-refractivity contribution in [2.45, 2.75) is 43.1 Å². The highest BCUT2D eigenvalue weighted by Crippen LogP contribution is 2.38. The summed E-state index contributed by atoms with van der Waals surface area (Å²) in [6.07, 6.45) is 1.99. The van der Waals surface area contributed by atoms with Gasteiger partial charge in [0.25, 0.3) is 5.56 Å². The highest BCUT2D eigenvalue weighted by molar-refractivity contribution is 8.00. The number of aryl methyl sites for hydroxylation is 1. The normalized spacial score (nSPS) is 15.2. The van der Waals surface area contributed by atoms with Crippen molar-refractivity contribution in [1.29, 1.82) is 0 Å². The van der Waals surface area contributed by atoms with Crippen LogP contribution in [0.15, 0.2) is 58.5 Å². The van der Waals surface area contributed by atoms with Gasteiger partial charge in [-0.3, -0.25) is 14.2 Å². The Kier molecular flexibility index (Phi) is 4.41. The molecule has 132 valence electrons. The molecule has 1 heterocycles. The minimum atomic E-state index is -0.309. The van der Waals surface area contributed by atoms with Crippen molar-refractivity contribution in [3.8, 4) is 0 Å². The number of para-hydroxylation sites is 1. The van der Waals surface area contributed by atoms with Gasteiger partial charge >= 0.3 is 0 Å². The van der Waals surface area contributed by atoms with Crippen LogP contribution in [0.4, 0.5) is 0 Å². The van der Waals surface area contributed by atoms with Gasteiger partial charge in [0.2, 0.25) is 0 Å². The molecule has 0 bridgehead atoms. The number of nitrogens with zero attached hydrogens (tertiary/aromatic N) is 2. The van der Waals surface area contributed by atoms with E-state index in [0.29, 0.717) is 21.6 Å². The van der Waals surface area contributed by atoms with Gasteiger partial charge in [0.15, 0.2) is 10.9 Å². The van der Waals surface area contributed by atoms with Crippen LogP contribution in [0, 0.1) is 6.92 Å². The molecule has 1 aliphatic rings. The van der Waals surface area contributed by atoms with E-state index in [1.54, 1.807) is 4.57 Å². The monoisotopic (exact) mass is 364 g/mol. The molecule has 3 aromatic rings. The van der Waals surface area contributed by atoms with Crippen molar-refractivity contribution in [3.63, 3.8) is 0 Å². The Morgan fingerprint density at radius 1 is 1.15 bits per heavy atom. The Morgan fingerprint density at radius 3 is 2.54 bits per heavy atom. The van der Waals surface area contributed by atoms with Crippen LogP contribution in [0.1, 0.15) is 41.7 Å². The highest BCUT2D eigenvalue weighted by Gasteiger charge is 2.30. The van der Waals surface area contributed by atoms with Crippen molar-refractivity contribution in [3.05, 3.63) is 70.0 Å². The Hall–Kier alpha value is -2.40. The summed E-state index contributed by atoms with van der Waals surface area (Å²) in [7, 11) is 0. The topological polar surface area (TPSA) is 52.0 Å². The maximum atomic E-state index is 12.9. The van der Waals surface area contributed by atoms with Gasteiger partial charge in [-0.15, -0.1) is 0 Å². The van der Waals surface area contributed by atoms with Crippen molar-refractivity contribution in [2.75, 3.05) is 0 Å². The SMILES string of the molecule is Cc1ccc(C(=O)[C@H](C)Sc2nc3ccccc3c(=O)n2C2CC2)cc1. The van der Waals surface area contributed by atoms with Crippen LogP contribution in [-0.2, 0) is 0 Å². The third-order valence-electron chi connectivity index (χ3n) is 4.67. The number of hydrogen-bond donors (Lipinski definition) is 0. The molecule has 1 atom stereocenters. The summed E-state index contributed by atoms with van der Waals surface area (Å²) in [5.74, 6) is 0.0553. The third kappa shape index (κ3) is 3.19. The molecule has 4 nitrogen and oxygen atoms in total. The molecule has 1 aliphatic carbocycles. The fourth-order valence-corrected chi connectivity index (χ4v) is 4.08. The Labute approximate surface area is 156 Å². The smallest absolute Gasteiger partial charge is 0.262 e. The van der Waals surface area contributed by atoms with Crippen LogP contribution in [0.3, 0.4) is 0 Å². The predicted octanol–water partition coefficient (Wildman–Crippen LogP) is 4.40. The number of carbonyl (C=O) groups excluding carboxylic acids is 1. The molecule has 1 aromatic heterocycles. The molecule has 1 saturated carbocycles. The third-order valence-corrected chi connectivity index (χ3v) is 5.74. The number of fused-ring (bicyclic) bond motifs is 1. The van der Waals surface area contributed by atoms with Gasteiger partial charge in [-0.25, -0.2) is 4.98 Å². The lowest BCUT2D eigenvalue weighted by molar-refractivity contribution is 0.0994. The lowest BCUT2D eigenvalue weighted by atomic mass is 10.1. The maximum absolute atomic E-state index is 12.9. The van der Waals surface area contributed by atoms with Gasteiger partial charge in [0.1, 0.15) is 0 Å². The second-order valence-corrected chi connectivity index (χ2v) is 8.12. The van der Waals surface area contributed by atoms with E-state index in [1.165, 1.54) is 11.8 Å². The molecule has 1 fully saturated rings. The number of Topliss-reactive ketones (excluding diaryl/α,β-unsaturated/α-hetero) is 1. The van der Waals surface area contributed by atoms with E-state index in [1.807, 2.05) is 62.4 Å². The van der Waals surface area contributed by atoms with Crippen LogP contribution in [0.2, 0.25) is 0 Å². The number of ketones is 1. The maximum Gasteiger partial charge on any atom is 0.262 e. The van der Waals surface area contributed by atoms with E-state index in [2.05, 4.69) is 0 Å². The van der Waals surface area contributed by atoms with Gasteiger partial charge in [0.05, 0.1) is 16.2 Å². The van der Waals surface area contributed by atoms with E-state index in [9.17, 15) is 9.59 Å². The second-order valence-electron chi connectivity index (χ2n) is 6.81. The number of aromatic nitrogens is 2. The lowest BCUT2D eigenvalue weighted by Gasteiger charge is -2.15. The molecule has 0 amide bonds. The van der Waals surface area contributed by atoms with E-state index < -0.39 is 0 Å². The first-order valence-corrected chi connectivity index (χ1v) is 9.71. The molecule has 0 radical (unpaired) electrons. The van der Waals surface area contributed by atoms with Crippen molar-refractivity contribution < 1.29 is 4.79 Å².